The van der Waals surface area contributed by atoms with E-state index >= 15 is 0 Å². The van der Waals surface area contributed by atoms with Crippen LogP contribution >= 0.6 is 11.6 Å². The molecule has 0 aromatic heterocycles. The fourth-order valence-corrected chi connectivity index (χ4v) is 2.31. The molecule has 0 fully saturated rings. The third-order valence-corrected chi connectivity index (χ3v) is 3.91. The maximum Gasteiger partial charge on any atom is 0.411 e. The second-order valence-corrected chi connectivity index (χ2v) is 6.42. The molecule has 0 atom stereocenters. The van der Waals surface area contributed by atoms with E-state index in [2.05, 4.69) is 17.2 Å². The second kappa shape index (κ2) is 11.1. The molecule has 0 saturated heterocycles. The predicted octanol–water partition coefficient (Wildman–Crippen LogP) is 4.79. The minimum atomic E-state index is -1.08. The summed E-state index contributed by atoms with van der Waals surface area (Å²) < 4.78 is 49.2. The fourth-order valence-electron chi connectivity index (χ4n) is 2.19. The smallest absolute Gasteiger partial charge is 0.411 e. The number of nitrogens with one attached hydrogen (secondary N) is 2. The molecular formula is C20H18ClF3N2O4. The van der Waals surface area contributed by atoms with E-state index in [1.807, 2.05) is 0 Å². The molecule has 0 aliphatic heterocycles. The zero-order valence-corrected chi connectivity index (χ0v) is 16.4. The van der Waals surface area contributed by atoms with Gasteiger partial charge in [-0.25, -0.2) is 18.0 Å². The molecule has 30 heavy (non-hydrogen) atoms. The van der Waals surface area contributed by atoms with Gasteiger partial charge in [0.15, 0.2) is 18.2 Å². The number of ether oxygens (including phenoxy) is 2. The Kier molecular flexibility index (Phi) is 8.54. The molecule has 2 N–H and O–H groups in total. The number of allylic oxidation sites excluding steroid dienone is 1. The molecular weight excluding hydrogens is 425 g/mol. The van der Waals surface area contributed by atoms with E-state index in [0.717, 1.165) is 18.2 Å². The summed E-state index contributed by atoms with van der Waals surface area (Å²) >= 11 is 5.55. The first-order valence-electron chi connectivity index (χ1n) is 8.69. The Hall–Kier alpha value is -3.20. The van der Waals surface area contributed by atoms with Crippen molar-refractivity contribution in [2.24, 2.45) is 0 Å². The average Bonchev–Trinajstić information content (AvgIpc) is 2.69. The van der Waals surface area contributed by atoms with Gasteiger partial charge in [0.2, 0.25) is 0 Å². The van der Waals surface area contributed by atoms with Gasteiger partial charge in [0, 0.05) is 17.5 Å². The van der Waals surface area contributed by atoms with Crippen molar-refractivity contribution in [2.75, 3.05) is 18.5 Å². The minimum absolute atomic E-state index is 0.00893. The normalized spacial score (nSPS) is 10.3. The number of carbonyl (C=O) groups excluding carboxylic acids is 2. The van der Waals surface area contributed by atoms with Gasteiger partial charge in [-0.15, -0.1) is 0 Å². The van der Waals surface area contributed by atoms with Crippen molar-refractivity contribution in [3.8, 4) is 5.75 Å². The second-order valence-electron chi connectivity index (χ2n) is 6.01. The highest BCUT2D eigenvalue weighted by Crippen LogP contribution is 2.19. The van der Waals surface area contributed by atoms with E-state index in [-0.39, 0.29) is 23.1 Å². The summed E-state index contributed by atoms with van der Waals surface area (Å²) in [5, 5.41) is 4.77. The van der Waals surface area contributed by atoms with Gasteiger partial charge in [-0.1, -0.05) is 18.2 Å². The van der Waals surface area contributed by atoms with Crippen molar-refractivity contribution in [1.29, 1.82) is 0 Å². The summed E-state index contributed by atoms with van der Waals surface area (Å²) in [7, 11) is 0. The van der Waals surface area contributed by atoms with Crippen LogP contribution in [0.5, 0.6) is 5.75 Å². The lowest BCUT2D eigenvalue weighted by Crippen LogP contribution is -2.28. The molecule has 2 rings (SSSR count). The van der Waals surface area contributed by atoms with Crippen molar-refractivity contribution in [1.82, 2.24) is 5.32 Å². The topological polar surface area (TPSA) is 76.7 Å². The maximum absolute atomic E-state index is 13.3. The van der Waals surface area contributed by atoms with Gasteiger partial charge in [0.1, 0.15) is 11.6 Å². The maximum atomic E-state index is 13.3. The van der Waals surface area contributed by atoms with Crippen LogP contribution in [0, 0.1) is 17.5 Å². The van der Waals surface area contributed by atoms with E-state index in [9.17, 15) is 22.8 Å². The number of halogens is 4. The van der Waals surface area contributed by atoms with Gasteiger partial charge in [-0.3, -0.25) is 10.1 Å². The third kappa shape index (κ3) is 7.67. The Balaban J connectivity index is 1.61. The van der Waals surface area contributed by atoms with E-state index < -0.39 is 36.1 Å². The monoisotopic (exact) mass is 442 g/mol. The van der Waals surface area contributed by atoms with Gasteiger partial charge in [0.25, 0.3) is 5.91 Å². The Bertz CT molecular complexity index is 940. The van der Waals surface area contributed by atoms with Crippen LogP contribution in [-0.4, -0.2) is 25.2 Å². The van der Waals surface area contributed by atoms with Crippen molar-refractivity contribution < 1.29 is 32.2 Å². The molecule has 2 aromatic rings. The molecule has 160 valence electrons. The summed E-state index contributed by atoms with van der Waals surface area (Å²) in [6.07, 6.45) is -0.0861. The average molecular weight is 443 g/mol. The molecule has 0 spiro atoms. The Morgan fingerprint density at radius 3 is 2.50 bits per heavy atom. The Morgan fingerprint density at radius 1 is 1.03 bits per heavy atom. The number of carbonyl (C=O) groups is 2. The van der Waals surface area contributed by atoms with Crippen LogP contribution in [0.15, 0.2) is 48.7 Å². The van der Waals surface area contributed by atoms with Crippen LogP contribution in [0.1, 0.15) is 12.8 Å². The molecule has 0 aliphatic rings. The number of rotatable bonds is 9. The first kappa shape index (κ1) is 23.1. The van der Waals surface area contributed by atoms with Crippen LogP contribution in [0.25, 0.3) is 0 Å². The number of amides is 2. The van der Waals surface area contributed by atoms with Crippen LogP contribution in [-0.2, 0) is 9.53 Å². The van der Waals surface area contributed by atoms with Gasteiger partial charge in [-0.05, 0) is 43.2 Å². The largest absolute Gasteiger partial charge is 0.484 e. The SMILES string of the molecule is C=C(CCCOC(=O)Nc1ccc(Cl)c(F)c1)NC(=O)COc1ccc(F)c(F)c1. The van der Waals surface area contributed by atoms with Crippen molar-refractivity contribution in [3.05, 3.63) is 71.1 Å². The van der Waals surface area contributed by atoms with E-state index in [1.54, 1.807) is 0 Å². The zero-order chi connectivity index (χ0) is 22.1. The summed E-state index contributed by atoms with van der Waals surface area (Å²) in [5.41, 5.74) is 0.553. The minimum Gasteiger partial charge on any atom is -0.484 e. The highest BCUT2D eigenvalue weighted by molar-refractivity contribution is 6.30. The molecule has 0 bridgehead atoms. The van der Waals surface area contributed by atoms with E-state index in [0.29, 0.717) is 18.5 Å². The lowest BCUT2D eigenvalue weighted by molar-refractivity contribution is -0.122. The summed E-state index contributed by atoms with van der Waals surface area (Å²) in [4.78, 5) is 23.4. The molecule has 0 radical (unpaired) electrons. The highest BCUT2D eigenvalue weighted by Gasteiger charge is 2.09. The molecule has 0 saturated carbocycles. The first-order chi connectivity index (χ1) is 14.2. The number of benzene rings is 2. The summed E-state index contributed by atoms with van der Waals surface area (Å²) in [5.74, 6) is -3.29. The van der Waals surface area contributed by atoms with E-state index in [4.69, 9.17) is 21.1 Å². The van der Waals surface area contributed by atoms with Gasteiger partial charge in [-0.2, -0.15) is 0 Å². The molecule has 0 unspecified atom stereocenters. The Labute approximate surface area is 175 Å². The molecule has 10 heteroatoms. The molecule has 6 nitrogen and oxygen atoms in total. The third-order valence-electron chi connectivity index (χ3n) is 3.60. The lowest BCUT2D eigenvalue weighted by Gasteiger charge is -2.10. The number of hydrogen-bond donors (Lipinski definition) is 2. The zero-order valence-electron chi connectivity index (χ0n) is 15.6. The van der Waals surface area contributed by atoms with E-state index in [1.165, 1.54) is 18.2 Å². The van der Waals surface area contributed by atoms with Crippen LogP contribution in [0.2, 0.25) is 5.02 Å². The van der Waals surface area contributed by atoms with Crippen molar-refractivity contribution in [2.45, 2.75) is 12.8 Å². The summed E-state index contributed by atoms with van der Waals surface area (Å²) in [6.45, 7) is 3.28. The molecule has 0 heterocycles. The van der Waals surface area contributed by atoms with Crippen molar-refractivity contribution in [3.63, 3.8) is 0 Å². The highest BCUT2D eigenvalue weighted by atomic mass is 35.5. The first-order valence-corrected chi connectivity index (χ1v) is 9.06. The quantitative estimate of drug-likeness (QED) is 0.547. The van der Waals surface area contributed by atoms with Crippen LogP contribution in [0.3, 0.4) is 0 Å². The lowest BCUT2D eigenvalue weighted by atomic mass is 10.2. The number of hydrogen-bond acceptors (Lipinski definition) is 4. The van der Waals surface area contributed by atoms with Gasteiger partial charge in [0.05, 0.1) is 11.6 Å². The van der Waals surface area contributed by atoms with Gasteiger partial charge >= 0.3 is 6.09 Å². The van der Waals surface area contributed by atoms with Crippen molar-refractivity contribution >= 4 is 29.3 Å². The standard InChI is InChI=1S/C20H18ClF3N2O4/c1-12(25-19(27)11-30-14-5-7-16(22)18(24)10-14)3-2-8-29-20(28)26-13-4-6-15(21)17(23)9-13/h4-7,9-10H,1-3,8,11H2,(H,25,27)(H,26,28). The van der Waals surface area contributed by atoms with Crippen LogP contribution < -0.4 is 15.4 Å². The molecule has 2 amide bonds. The molecule has 0 aliphatic carbocycles. The van der Waals surface area contributed by atoms with Gasteiger partial charge < -0.3 is 14.8 Å². The Morgan fingerprint density at radius 2 is 1.80 bits per heavy atom. The van der Waals surface area contributed by atoms with Crippen LogP contribution in [0.4, 0.5) is 23.7 Å². The molecule has 2 aromatic carbocycles. The predicted molar refractivity (Wildman–Crippen MR) is 105 cm³/mol. The summed E-state index contributed by atoms with van der Waals surface area (Å²) in [6, 6.07) is 6.70. The number of anilines is 1. The fraction of sp³-hybridized carbons (Fsp3) is 0.200.